The number of nitrogens with zero attached hydrogens (tertiary/aromatic N) is 3. The second-order valence-corrected chi connectivity index (χ2v) is 8.02. The highest BCUT2D eigenvalue weighted by atomic mass is 79.9. The molecule has 0 atom stereocenters. The molecule has 1 aliphatic rings. The van der Waals surface area contributed by atoms with Crippen LogP contribution in [0.1, 0.15) is 27.3 Å². The minimum absolute atomic E-state index is 0.00490. The molecule has 3 aromatic rings. The van der Waals surface area contributed by atoms with Crippen molar-refractivity contribution in [3.63, 3.8) is 0 Å². The zero-order valence-corrected chi connectivity index (χ0v) is 17.8. The molecule has 0 aliphatic carbocycles. The molecule has 0 fully saturated rings. The van der Waals surface area contributed by atoms with Crippen LogP contribution in [0.2, 0.25) is 0 Å². The minimum atomic E-state index is -1.09. The standard InChI is InChI=1S/C22H21BrN4O3/c23-16-6-8-17(9-7-16)27-19-11-13-26(14-18(19)20(25-27)21(28)29)22(30)24-12-10-15-4-2-1-3-5-15/h1-9H,10-14H2,(H,24,30)(H,28,29). The van der Waals surface area contributed by atoms with Gasteiger partial charge in [0.2, 0.25) is 0 Å². The fourth-order valence-electron chi connectivity index (χ4n) is 3.63. The summed E-state index contributed by atoms with van der Waals surface area (Å²) in [6, 6.07) is 17.3. The Morgan fingerprint density at radius 2 is 1.83 bits per heavy atom. The van der Waals surface area contributed by atoms with Gasteiger partial charge < -0.3 is 15.3 Å². The van der Waals surface area contributed by atoms with Crippen molar-refractivity contribution >= 4 is 27.9 Å². The molecule has 8 heteroatoms. The van der Waals surface area contributed by atoms with Crippen LogP contribution in [-0.4, -0.2) is 44.9 Å². The van der Waals surface area contributed by atoms with Crippen molar-refractivity contribution in [3.05, 3.63) is 81.6 Å². The third-order valence-electron chi connectivity index (χ3n) is 5.15. The van der Waals surface area contributed by atoms with Crippen molar-refractivity contribution in [2.75, 3.05) is 13.1 Å². The van der Waals surface area contributed by atoms with Gasteiger partial charge in [-0.1, -0.05) is 46.3 Å². The maximum atomic E-state index is 12.6. The van der Waals surface area contributed by atoms with E-state index in [1.165, 1.54) is 0 Å². The van der Waals surface area contributed by atoms with Crippen LogP contribution in [0.15, 0.2) is 59.1 Å². The zero-order chi connectivity index (χ0) is 21.1. The third kappa shape index (κ3) is 4.23. The van der Waals surface area contributed by atoms with Crippen LogP contribution in [0.25, 0.3) is 5.69 Å². The summed E-state index contributed by atoms with van der Waals surface area (Å²) < 4.78 is 2.61. The van der Waals surface area contributed by atoms with E-state index in [2.05, 4.69) is 26.3 Å². The summed E-state index contributed by atoms with van der Waals surface area (Å²) in [6.07, 6.45) is 1.28. The summed E-state index contributed by atoms with van der Waals surface area (Å²) in [4.78, 5) is 26.0. The van der Waals surface area contributed by atoms with Crippen molar-refractivity contribution < 1.29 is 14.7 Å². The Labute approximate surface area is 182 Å². The fourth-order valence-corrected chi connectivity index (χ4v) is 3.89. The SMILES string of the molecule is O=C(O)c1nn(-c2ccc(Br)cc2)c2c1CN(C(=O)NCCc1ccccc1)CC2. The van der Waals surface area contributed by atoms with Crippen molar-refractivity contribution in [1.82, 2.24) is 20.0 Å². The Morgan fingerprint density at radius 3 is 2.53 bits per heavy atom. The number of nitrogens with one attached hydrogen (secondary N) is 1. The quantitative estimate of drug-likeness (QED) is 0.598. The first-order valence-corrected chi connectivity index (χ1v) is 10.5. The first-order chi connectivity index (χ1) is 14.5. The van der Waals surface area contributed by atoms with Gasteiger partial charge in [0.1, 0.15) is 0 Å². The van der Waals surface area contributed by atoms with Crippen LogP contribution in [0, 0.1) is 0 Å². The number of carbonyl (C=O) groups excluding carboxylic acids is 1. The number of carboxylic acids is 1. The largest absolute Gasteiger partial charge is 0.476 e. The highest BCUT2D eigenvalue weighted by molar-refractivity contribution is 9.10. The molecule has 0 saturated heterocycles. The van der Waals surface area contributed by atoms with Crippen LogP contribution in [-0.2, 0) is 19.4 Å². The summed E-state index contributed by atoms with van der Waals surface area (Å²) in [7, 11) is 0. The Kier molecular flexibility index (Phi) is 5.85. The van der Waals surface area contributed by atoms with Gasteiger partial charge in [0, 0.05) is 29.5 Å². The molecule has 2 aromatic carbocycles. The molecule has 7 nitrogen and oxygen atoms in total. The molecule has 0 spiro atoms. The van der Waals surface area contributed by atoms with E-state index in [4.69, 9.17) is 0 Å². The summed E-state index contributed by atoms with van der Waals surface area (Å²) >= 11 is 3.41. The molecule has 0 saturated carbocycles. The molecule has 2 heterocycles. The zero-order valence-electron chi connectivity index (χ0n) is 16.2. The lowest BCUT2D eigenvalue weighted by Crippen LogP contribution is -2.43. The lowest BCUT2D eigenvalue weighted by atomic mass is 10.1. The lowest BCUT2D eigenvalue weighted by molar-refractivity contribution is 0.0687. The van der Waals surface area contributed by atoms with Crippen molar-refractivity contribution in [1.29, 1.82) is 0 Å². The Hall–Kier alpha value is -3.13. The molecule has 154 valence electrons. The smallest absolute Gasteiger partial charge is 0.356 e. The Bertz CT molecular complexity index is 1060. The molecular formula is C22H21BrN4O3. The van der Waals surface area contributed by atoms with E-state index in [-0.39, 0.29) is 18.3 Å². The van der Waals surface area contributed by atoms with Gasteiger partial charge >= 0.3 is 12.0 Å². The van der Waals surface area contributed by atoms with Gasteiger partial charge in [0.25, 0.3) is 0 Å². The van der Waals surface area contributed by atoms with Crippen LogP contribution < -0.4 is 5.32 Å². The van der Waals surface area contributed by atoms with Crippen LogP contribution in [0.3, 0.4) is 0 Å². The number of benzene rings is 2. The number of fused-ring (bicyclic) bond motifs is 1. The number of aromatic carboxylic acids is 1. The van der Waals surface area contributed by atoms with E-state index < -0.39 is 5.97 Å². The lowest BCUT2D eigenvalue weighted by Gasteiger charge is -2.28. The highest BCUT2D eigenvalue weighted by Gasteiger charge is 2.30. The summed E-state index contributed by atoms with van der Waals surface area (Å²) in [6.45, 7) is 1.26. The van der Waals surface area contributed by atoms with Crippen molar-refractivity contribution in [3.8, 4) is 5.69 Å². The Morgan fingerprint density at radius 1 is 1.10 bits per heavy atom. The van der Waals surface area contributed by atoms with E-state index in [9.17, 15) is 14.7 Å². The third-order valence-corrected chi connectivity index (χ3v) is 5.68. The molecule has 2 N–H and O–H groups in total. The predicted octanol–water partition coefficient (Wildman–Crippen LogP) is 3.64. The van der Waals surface area contributed by atoms with Crippen LogP contribution in [0.4, 0.5) is 4.79 Å². The normalized spacial score (nSPS) is 13.0. The molecule has 0 unspecified atom stereocenters. The summed E-state index contributed by atoms with van der Waals surface area (Å²) in [5, 5.41) is 16.9. The second kappa shape index (κ2) is 8.71. The van der Waals surface area contributed by atoms with Gasteiger partial charge in [-0.05, 0) is 36.2 Å². The number of carbonyl (C=O) groups is 2. The molecule has 4 rings (SSSR count). The average Bonchev–Trinajstić information content (AvgIpc) is 3.14. The number of carboxylic acid groups (broad SMARTS) is 1. The Balaban J connectivity index is 1.49. The number of hydrogen-bond acceptors (Lipinski definition) is 3. The van der Waals surface area contributed by atoms with Crippen molar-refractivity contribution in [2.45, 2.75) is 19.4 Å². The maximum absolute atomic E-state index is 12.6. The number of urea groups is 1. The molecule has 1 aliphatic heterocycles. The van der Waals surface area contributed by atoms with Gasteiger partial charge in [-0.25, -0.2) is 14.3 Å². The van der Waals surface area contributed by atoms with E-state index in [0.29, 0.717) is 25.1 Å². The molecule has 2 amide bonds. The van der Waals surface area contributed by atoms with Crippen molar-refractivity contribution in [2.24, 2.45) is 0 Å². The van der Waals surface area contributed by atoms with Gasteiger partial charge in [0.05, 0.1) is 17.9 Å². The molecule has 0 bridgehead atoms. The number of amides is 2. The van der Waals surface area contributed by atoms with Gasteiger partial charge in [-0.2, -0.15) is 5.10 Å². The number of hydrogen-bond donors (Lipinski definition) is 2. The maximum Gasteiger partial charge on any atom is 0.356 e. The number of rotatable bonds is 5. The van der Waals surface area contributed by atoms with Gasteiger partial charge in [-0.15, -0.1) is 0 Å². The van der Waals surface area contributed by atoms with Gasteiger partial charge in [0.15, 0.2) is 5.69 Å². The monoisotopic (exact) mass is 468 g/mol. The van der Waals surface area contributed by atoms with Gasteiger partial charge in [-0.3, -0.25) is 0 Å². The van der Waals surface area contributed by atoms with Crippen LogP contribution in [0.5, 0.6) is 0 Å². The number of aromatic nitrogens is 2. The van der Waals surface area contributed by atoms with E-state index in [1.54, 1.807) is 9.58 Å². The fraction of sp³-hybridized carbons (Fsp3) is 0.227. The van der Waals surface area contributed by atoms with Crippen LogP contribution >= 0.6 is 15.9 Å². The molecule has 0 radical (unpaired) electrons. The molecule has 1 aromatic heterocycles. The molecule has 30 heavy (non-hydrogen) atoms. The second-order valence-electron chi connectivity index (χ2n) is 7.11. The topological polar surface area (TPSA) is 87.5 Å². The summed E-state index contributed by atoms with van der Waals surface area (Å²) in [5.74, 6) is -1.09. The molecular weight excluding hydrogens is 448 g/mol. The minimum Gasteiger partial charge on any atom is -0.476 e. The van der Waals surface area contributed by atoms with E-state index >= 15 is 0 Å². The highest BCUT2D eigenvalue weighted by Crippen LogP contribution is 2.26. The van der Waals surface area contributed by atoms with E-state index in [1.807, 2.05) is 54.6 Å². The first-order valence-electron chi connectivity index (χ1n) is 9.69. The number of halogens is 1. The van der Waals surface area contributed by atoms with E-state index in [0.717, 1.165) is 27.8 Å². The average molecular weight is 469 g/mol. The first kappa shape index (κ1) is 20.2. The summed E-state index contributed by atoms with van der Waals surface area (Å²) in [5.41, 5.74) is 3.37. The predicted molar refractivity (Wildman–Crippen MR) is 116 cm³/mol.